The van der Waals surface area contributed by atoms with Gasteiger partial charge in [-0.1, -0.05) is 30.3 Å². The maximum absolute atomic E-state index is 12.4. The lowest BCUT2D eigenvalue weighted by Crippen LogP contribution is -2.44. The normalized spacial score (nSPS) is 16.7. The predicted octanol–water partition coefficient (Wildman–Crippen LogP) is 0.682. The van der Waals surface area contributed by atoms with Crippen LogP contribution in [-0.4, -0.2) is 43.2 Å². The minimum absolute atomic E-state index is 0.270. The average molecular weight is 264 g/mol. The van der Waals surface area contributed by atoms with Crippen molar-refractivity contribution >= 4 is 12.0 Å². The molecule has 1 fully saturated rings. The van der Waals surface area contributed by atoms with Crippen LogP contribution in [0.1, 0.15) is 11.7 Å². The van der Waals surface area contributed by atoms with E-state index in [4.69, 9.17) is 15.2 Å². The van der Waals surface area contributed by atoms with E-state index in [0.29, 0.717) is 31.9 Å². The molecular weight excluding hydrogens is 248 g/mol. The molecule has 0 aliphatic carbocycles. The number of carbonyl (C=O) groups excluding carboxylic acids is 2. The van der Waals surface area contributed by atoms with Crippen LogP contribution in [0.5, 0.6) is 0 Å². The van der Waals surface area contributed by atoms with E-state index >= 15 is 0 Å². The molecule has 19 heavy (non-hydrogen) atoms. The van der Waals surface area contributed by atoms with Crippen molar-refractivity contribution in [1.29, 1.82) is 0 Å². The number of nitrogens with two attached hydrogens (primary N) is 1. The van der Waals surface area contributed by atoms with Crippen molar-refractivity contribution < 1.29 is 19.1 Å². The molecule has 1 aromatic carbocycles. The van der Waals surface area contributed by atoms with Crippen LogP contribution in [0.3, 0.4) is 0 Å². The van der Waals surface area contributed by atoms with Crippen LogP contribution in [0, 0.1) is 0 Å². The summed E-state index contributed by atoms with van der Waals surface area (Å²) in [7, 11) is 0. The molecule has 1 aliphatic rings. The van der Waals surface area contributed by atoms with Crippen LogP contribution in [-0.2, 0) is 14.3 Å². The summed E-state index contributed by atoms with van der Waals surface area (Å²) in [5.74, 6) is -0.270. The Labute approximate surface area is 111 Å². The fraction of sp³-hybridized carbons (Fsp3) is 0.385. The number of hydrogen-bond acceptors (Lipinski definition) is 4. The second-order valence-corrected chi connectivity index (χ2v) is 4.17. The molecule has 0 bridgehead atoms. The van der Waals surface area contributed by atoms with E-state index in [-0.39, 0.29) is 5.91 Å². The number of nitrogens with zero attached hydrogens (tertiary/aromatic N) is 1. The number of morpholine rings is 1. The highest BCUT2D eigenvalue weighted by Crippen LogP contribution is 2.20. The quantitative estimate of drug-likeness (QED) is 0.870. The monoisotopic (exact) mass is 264 g/mol. The molecule has 0 spiro atoms. The van der Waals surface area contributed by atoms with E-state index in [2.05, 4.69) is 0 Å². The minimum Gasteiger partial charge on any atom is -0.431 e. The number of hydrogen-bond donors (Lipinski definition) is 1. The van der Waals surface area contributed by atoms with Crippen molar-refractivity contribution in [2.75, 3.05) is 26.3 Å². The molecule has 1 saturated heterocycles. The van der Waals surface area contributed by atoms with Gasteiger partial charge in [0.2, 0.25) is 6.10 Å². The van der Waals surface area contributed by atoms with Crippen molar-refractivity contribution in [2.45, 2.75) is 6.10 Å². The molecule has 6 heteroatoms. The highest BCUT2D eigenvalue weighted by molar-refractivity contribution is 5.84. The van der Waals surface area contributed by atoms with Gasteiger partial charge < -0.3 is 20.1 Å². The SMILES string of the molecule is NC(=O)OC(C(=O)N1CCOCC1)c1ccccc1. The molecule has 0 saturated carbocycles. The van der Waals surface area contributed by atoms with Crippen LogP contribution in [0.2, 0.25) is 0 Å². The number of amides is 2. The third kappa shape index (κ3) is 3.45. The van der Waals surface area contributed by atoms with E-state index in [1.54, 1.807) is 29.2 Å². The van der Waals surface area contributed by atoms with Gasteiger partial charge in [-0.05, 0) is 0 Å². The third-order valence-electron chi connectivity index (χ3n) is 2.88. The predicted molar refractivity (Wildman–Crippen MR) is 67.3 cm³/mol. The first-order chi connectivity index (χ1) is 9.18. The molecule has 1 heterocycles. The van der Waals surface area contributed by atoms with Crippen molar-refractivity contribution in [2.24, 2.45) is 5.73 Å². The number of rotatable bonds is 3. The van der Waals surface area contributed by atoms with E-state index in [0.717, 1.165) is 0 Å². The molecule has 0 radical (unpaired) electrons. The Morgan fingerprint density at radius 3 is 2.42 bits per heavy atom. The molecule has 1 aliphatic heterocycles. The lowest BCUT2D eigenvalue weighted by atomic mass is 10.1. The summed E-state index contributed by atoms with van der Waals surface area (Å²) in [6.07, 6.45) is -1.95. The maximum Gasteiger partial charge on any atom is 0.405 e. The first-order valence-electron chi connectivity index (χ1n) is 6.06. The van der Waals surface area contributed by atoms with Gasteiger partial charge in [0.05, 0.1) is 13.2 Å². The second-order valence-electron chi connectivity index (χ2n) is 4.17. The Bertz CT molecular complexity index is 443. The van der Waals surface area contributed by atoms with E-state index in [9.17, 15) is 9.59 Å². The van der Waals surface area contributed by atoms with Gasteiger partial charge in [0.15, 0.2) is 0 Å². The van der Waals surface area contributed by atoms with Crippen LogP contribution in [0.15, 0.2) is 30.3 Å². The van der Waals surface area contributed by atoms with Gasteiger partial charge in [-0.2, -0.15) is 0 Å². The lowest BCUT2D eigenvalue weighted by molar-refractivity contribution is -0.144. The Morgan fingerprint density at radius 2 is 1.84 bits per heavy atom. The van der Waals surface area contributed by atoms with Gasteiger partial charge in [-0.3, -0.25) is 4.79 Å². The number of ether oxygens (including phenoxy) is 2. The fourth-order valence-corrected chi connectivity index (χ4v) is 1.95. The van der Waals surface area contributed by atoms with E-state index in [1.807, 2.05) is 6.07 Å². The summed E-state index contributed by atoms with van der Waals surface area (Å²) < 4.78 is 10.1. The van der Waals surface area contributed by atoms with Crippen LogP contribution in [0.25, 0.3) is 0 Å². The zero-order valence-corrected chi connectivity index (χ0v) is 10.5. The topological polar surface area (TPSA) is 81.9 Å². The standard InChI is InChI=1S/C13H16N2O4/c14-13(17)19-11(10-4-2-1-3-5-10)12(16)15-6-8-18-9-7-15/h1-5,11H,6-9H2,(H2,14,17). The summed E-state index contributed by atoms with van der Waals surface area (Å²) >= 11 is 0. The molecular formula is C13H16N2O4. The van der Waals surface area contributed by atoms with Gasteiger partial charge in [0.25, 0.3) is 5.91 Å². The van der Waals surface area contributed by atoms with Crippen molar-refractivity contribution in [3.05, 3.63) is 35.9 Å². The molecule has 1 unspecified atom stereocenters. The fourth-order valence-electron chi connectivity index (χ4n) is 1.95. The summed E-state index contributed by atoms with van der Waals surface area (Å²) in [6, 6.07) is 8.83. The summed E-state index contributed by atoms with van der Waals surface area (Å²) in [5, 5.41) is 0. The number of primary amides is 1. The molecule has 1 atom stereocenters. The van der Waals surface area contributed by atoms with Gasteiger partial charge >= 0.3 is 6.09 Å². The largest absolute Gasteiger partial charge is 0.431 e. The number of carbonyl (C=O) groups is 2. The summed E-state index contributed by atoms with van der Waals surface area (Å²) in [5.41, 5.74) is 5.65. The van der Waals surface area contributed by atoms with E-state index in [1.165, 1.54) is 0 Å². The molecule has 2 amide bonds. The summed E-state index contributed by atoms with van der Waals surface area (Å²) in [6.45, 7) is 1.96. The Balaban J connectivity index is 2.17. The Morgan fingerprint density at radius 1 is 1.21 bits per heavy atom. The van der Waals surface area contributed by atoms with Gasteiger partial charge in [0.1, 0.15) is 0 Å². The molecule has 1 aromatic rings. The van der Waals surface area contributed by atoms with Crippen LogP contribution < -0.4 is 5.73 Å². The smallest absolute Gasteiger partial charge is 0.405 e. The zero-order valence-electron chi connectivity index (χ0n) is 10.5. The Kier molecular flexibility index (Phi) is 4.35. The molecule has 0 aromatic heterocycles. The van der Waals surface area contributed by atoms with E-state index < -0.39 is 12.2 Å². The highest BCUT2D eigenvalue weighted by atomic mass is 16.6. The first kappa shape index (κ1) is 13.4. The molecule has 2 rings (SSSR count). The van der Waals surface area contributed by atoms with Gasteiger partial charge in [-0.25, -0.2) is 4.79 Å². The first-order valence-corrected chi connectivity index (χ1v) is 6.06. The van der Waals surface area contributed by atoms with Crippen LogP contribution >= 0.6 is 0 Å². The van der Waals surface area contributed by atoms with Crippen molar-refractivity contribution in [3.63, 3.8) is 0 Å². The third-order valence-corrected chi connectivity index (χ3v) is 2.88. The molecule has 6 nitrogen and oxygen atoms in total. The van der Waals surface area contributed by atoms with Crippen molar-refractivity contribution in [3.8, 4) is 0 Å². The molecule has 2 N–H and O–H groups in total. The van der Waals surface area contributed by atoms with Crippen LogP contribution in [0.4, 0.5) is 4.79 Å². The Hall–Kier alpha value is -2.08. The second kappa shape index (κ2) is 6.19. The van der Waals surface area contributed by atoms with Gasteiger partial charge in [-0.15, -0.1) is 0 Å². The summed E-state index contributed by atoms with van der Waals surface area (Å²) in [4.78, 5) is 25.0. The lowest BCUT2D eigenvalue weighted by Gasteiger charge is -2.30. The molecule has 102 valence electrons. The zero-order chi connectivity index (χ0) is 13.7. The number of benzene rings is 1. The van der Waals surface area contributed by atoms with Gasteiger partial charge in [0, 0.05) is 18.7 Å². The highest BCUT2D eigenvalue weighted by Gasteiger charge is 2.29. The van der Waals surface area contributed by atoms with Crippen molar-refractivity contribution in [1.82, 2.24) is 4.90 Å². The average Bonchev–Trinajstić information content (AvgIpc) is 2.46. The maximum atomic E-state index is 12.4. The minimum atomic E-state index is -0.989.